The summed E-state index contributed by atoms with van der Waals surface area (Å²) >= 11 is 0. The summed E-state index contributed by atoms with van der Waals surface area (Å²) in [4.78, 5) is 7.41. The second-order valence-electron chi connectivity index (χ2n) is 7.41. The van der Waals surface area contributed by atoms with Gasteiger partial charge in [0.25, 0.3) is 0 Å². The van der Waals surface area contributed by atoms with E-state index in [9.17, 15) is 0 Å². The first-order chi connectivity index (χ1) is 13.1. The Hall–Kier alpha value is -2.37. The number of rotatable bonds is 5. The van der Waals surface area contributed by atoms with E-state index in [-0.39, 0.29) is 12.2 Å². The summed E-state index contributed by atoms with van der Waals surface area (Å²) in [6.07, 6.45) is 0.501. The summed E-state index contributed by atoms with van der Waals surface area (Å²) in [7, 11) is 1.69. The van der Waals surface area contributed by atoms with Gasteiger partial charge in [-0.2, -0.15) is 0 Å². The van der Waals surface area contributed by atoms with Gasteiger partial charge in [-0.3, -0.25) is 4.90 Å². The highest BCUT2D eigenvalue weighted by Crippen LogP contribution is 2.24. The molecule has 5 nitrogen and oxygen atoms in total. The molecule has 2 unspecified atom stereocenters. The largest absolute Gasteiger partial charge is 0.497 e. The van der Waals surface area contributed by atoms with Crippen molar-refractivity contribution in [2.45, 2.75) is 39.1 Å². The molecule has 2 heterocycles. The van der Waals surface area contributed by atoms with E-state index in [2.05, 4.69) is 59.7 Å². The van der Waals surface area contributed by atoms with E-state index in [1.54, 1.807) is 7.11 Å². The highest BCUT2D eigenvalue weighted by atomic mass is 16.5. The lowest BCUT2D eigenvalue weighted by Gasteiger charge is -2.35. The number of fused-ring (bicyclic) bond motifs is 1. The maximum Gasteiger partial charge on any atom is 0.124 e. The summed E-state index contributed by atoms with van der Waals surface area (Å²) < 4.78 is 13.6. The van der Waals surface area contributed by atoms with Gasteiger partial charge in [0.2, 0.25) is 0 Å². The number of nitrogens with zero attached hydrogens (tertiary/aromatic N) is 3. The van der Waals surface area contributed by atoms with Crippen LogP contribution in [-0.2, 0) is 17.8 Å². The predicted molar refractivity (Wildman–Crippen MR) is 107 cm³/mol. The minimum atomic E-state index is 0.251. The minimum Gasteiger partial charge on any atom is -0.497 e. The van der Waals surface area contributed by atoms with Crippen molar-refractivity contribution in [3.05, 3.63) is 59.9 Å². The third-order valence-electron chi connectivity index (χ3n) is 5.08. The fourth-order valence-corrected chi connectivity index (χ4v) is 3.96. The third kappa shape index (κ3) is 3.99. The average molecular weight is 365 g/mol. The van der Waals surface area contributed by atoms with E-state index >= 15 is 0 Å². The van der Waals surface area contributed by atoms with Crippen LogP contribution in [0.25, 0.3) is 11.0 Å². The molecule has 1 aliphatic heterocycles. The molecule has 1 saturated heterocycles. The molecule has 142 valence electrons. The van der Waals surface area contributed by atoms with Crippen molar-refractivity contribution in [1.82, 2.24) is 14.5 Å². The molecule has 1 fully saturated rings. The second kappa shape index (κ2) is 7.71. The molecule has 2 aromatic carbocycles. The zero-order valence-electron chi connectivity index (χ0n) is 16.3. The molecule has 2 atom stereocenters. The predicted octanol–water partition coefficient (Wildman–Crippen LogP) is 3.70. The molecule has 0 amide bonds. The highest BCUT2D eigenvalue weighted by molar-refractivity contribution is 5.78. The fourth-order valence-electron chi connectivity index (χ4n) is 3.96. The van der Waals surface area contributed by atoms with Crippen LogP contribution >= 0.6 is 0 Å². The van der Waals surface area contributed by atoms with Crippen molar-refractivity contribution in [3.8, 4) is 5.75 Å². The second-order valence-corrected chi connectivity index (χ2v) is 7.41. The number of imidazole rings is 1. The van der Waals surface area contributed by atoms with Crippen molar-refractivity contribution < 1.29 is 9.47 Å². The van der Waals surface area contributed by atoms with Crippen LogP contribution in [-0.4, -0.2) is 46.9 Å². The number of methoxy groups -OCH3 is 1. The molecule has 0 aliphatic carbocycles. The van der Waals surface area contributed by atoms with Gasteiger partial charge < -0.3 is 14.0 Å². The first-order valence-corrected chi connectivity index (χ1v) is 9.57. The number of benzene rings is 2. The smallest absolute Gasteiger partial charge is 0.124 e. The summed E-state index contributed by atoms with van der Waals surface area (Å²) in [5.41, 5.74) is 3.40. The molecule has 4 rings (SSSR count). The van der Waals surface area contributed by atoms with Crippen molar-refractivity contribution >= 4 is 11.0 Å². The first-order valence-electron chi connectivity index (χ1n) is 9.57. The molecule has 5 heteroatoms. The van der Waals surface area contributed by atoms with E-state index in [0.29, 0.717) is 0 Å². The van der Waals surface area contributed by atoms with Gasteiger partial charge in [0.05, 0.1) is 36.9 Å². The average Bonchev–Trinajstić information content (AvgIpc) is 2.98. The third-order valence-corrected chi connectivity index (χ3v) is 5.08. The van der Waals surface area contributed by atoms with Crippen LogP contribution in [0.1, 0.15) is 25.2 Å². The van der Waals surface area contributed by atoms with E-state index in [1.807, 2.05) is 12.1 Å². The van der Waals surface area contributed by atoms with Crippen molar-refractivity contribution in [2.75, 3.05) is 20.2 Å². The fraction of sp³-hybridized carbons (Fsp3) is 0.409. The Morgan fingerprint density at radius 2 is 1.78 bits per heavy atom. The SMILES string of the molecule is COc1ccc2c(c1)nc(CN1CC(C)OC(C)C1)n2Cc1ccccc1. The van der Waals surface area contributed by atoms with Gasteiger partial charge in [-0.15, -0.1) is 0 Å². The van der Waals surface area contributed by atoms with Gasteiger partial charge in [-0.05, 0) is 31.5 Å². The number of ether oxygens (including phenoxy) is 2. The molecule has 0 bridgehead atoms. The molecule has 3 aromatic rings. The maximum atomic E-state index is 5.88. The Morgan fingerprint density at radius 3 is 2.48 bits per heavy atom. The molecule has 1 aliphatic rings. The normalized spacial score (nSPS) is 20.9. The van der Waals surface area contributed by atoms with Crippen molar-refractivity contribution in [3.63, 3.8) is 0 Å². The summed E-state index contributed by atoms with van der Waals surface area (Å²) in [5, 5.41) is 0. The van der Waals surface area contributed by atoms with E-state index in [4.69, 9.17) is 14.5 Å². The van der Waals surface area contributed by atoms with E-state index in [1.165, 1.54) is 5.56 Å². The van der Waals surface area contributed by atoms with Crippen LogP contribution in [0.2, 0.25) is 0 Å². The molecular formula is C22H27N3O2. The van der Waals surface area contributed by atoms with Crippen LogP contribution in [0.3, 0.4) is 0 Å². The Morgan fingerprint density at radius 1 is 1.04 bits per heavy atom. The standard InChI is InChI=1S/C22H27N3O2/c1-16-12-24(13-17(2)27-16)15-22-23-20-11-19(26-3)9-10-21(20)25(22)14-18-7-5-4-6-8-18/h4-11,16-17H,12-15H2,1-3H3. The maximum absolute atomic E-state index is 5.88. The first kappa shape index (κ1) is 18.0. The molecule has 0 saturated carbocycles. The number of hydrogen-bond donors (Lipinski definition) is 0. The van der Waals surface area contributed by atoms with Gasteiger partial charge in [0, 0.05) is 25.7 Å². The van der Waals surface area contributed by atoms with E-state index in [0.717, 1.165) is 48.8 Å². The van der Waals surface area contributed by atoms with Gasteiger partial charge in [-0.1, -0.05) is 30.3 Å². The van der Waals surface area contributed by atoms with Crippen LogP contribution in [0.5, 0.6) is 5.75 Å². The van der Waals surface area contributed by atoms with Gasteiger partial charge in [0.1, 0.15) is 11.6 Å². The minimum absolute atomic E-state index is 0.251. The number of morpholine rings is 1. The van der Waals surface area contributed by atoms with Gasteiger partial charge in [0.15, 0.2) is 0 Å². The van der Waals surface area contributed by atoms with Crippen LogP contribution in [0.4, 0.5) is 0 Å². The Labute approximate surface area is 160 Å². The quantitative estimate of drug-likeness (QED) is 0.691. The molecule has 0 radical (unpaired) electrons. The zero-order chi connectivity index (χ0) is 18.8. The van der Waals surface area contributed by atoms with Gasteiger partial charge >= 0.3 is 0 Å². The topological polar surface area (TPSA) is 39.5 Å². The summed E-state index contributed by atoms with van der Waals surface area (Å²) in [6, 6.07) is 16.7. The zero-order valence-corrected chi connectivity index (χ0v) is 16.3. The molecular weight excluding hydrogens is 338 g/mol. The van der Waals surface area contributed by atoms with E-state index < -0.39 is 0 Å². The van der Waals surface area contributed by atoms with Crippen LogP contribution < -0.4 is 4.74 Å². The lowest BCUT2D eigenvalue weighted by Crippen LogP contribution is -2.45. The number of aromatic nitrogens is 2. The van der Waals surface area contributed by atoms with Crippen LogP contribution in [0, 0.1) is 0 Å². The summed E-state index contributed by atoms with van der Waals surface area (Å²) in [5.74, 6) is 1.93. The number of hydrogen-bond acceptors (Lipinski definition) is 4. The molecule has 0 N–H and O–H groups in total. The monoisotopic (exact) mass is 365 g/mol. The highest BCUT2D eigenvalue weighted by Gasteiger charge is 2.24. The molecule has 0 spiro atoms. The molecule has 27 heavy (non-hydrogen) atoms. The van der Waals surface area contributed by atoms with Crippen molar-refractivity contribution in [2.24, 2.45) is 0 Å². The Kier molecular flexibility index (Phi) is 5.14. The van der Waals surface area contributed by atoms with Crippen LogP contribution in [0.15, 0.2) is 48.5 Å². The lowest BCUT2D eigenvalue weighted by atomic mass is 10.2. The van der Waals surface area contributed by atoms with Crippen molar-refractivity contribution in [1.29, 1.82) is 0 Å². The van der Waals surface area contributed by atoms with Gasteiger partial charge in [-0.25, -0.2) is 4.98 Å². The molecule has 1 aromatic heterocycles. The summed E-state index contributed by atoms with van der Waals surface area (Å²) in [6.45, 7) is 7.78. The Balaban J connectivity index is 1.70. The lowest BCUT2D eigenvalue weighted by molar-refractivity contribution is -0.0712. The Bertz CT molecular complexity index is 897.